The standard InChI is InChI=1S/C25H26N2O4S2/c28-25(22-8-6-21(7-9-22)19-32-18-20-4-2-1-3-5-20)26-23-10-12-24(13-11-23)33(29,30)27-14-16-31-17-15-27/h1-13H,14-19H2,(H,26,28). The first-order valence-corrected chi connectivity index (χ1v) is 13.3. The molecule has 0 spiro atoms. The number of anilines is 1. The largest absolute Gasteiger partial charge is 0.379 e. The molecule has 0 saturated carbocycles. The summed E-state index contributed by atoms with van der Waals surface area (Å²) in [6, 6.07) is 24.1. The van der Waals surface area contributed by atoms with E-state index in [-0.39, 0.29) is 10.8 Å². The van der Waals surface area contributed by atoms with Gasteiger partial charge in [-0.15, -0.1) is 0 Å². The van der Waals surface area contributed by atoms with Crippen LogP contribution in [0.2, 0.25) is 0 Å². The topological polar surface area (TPSA) is 75.7 Å². The second-order valence-electron chi connectivity index (χ2n) is 7.67. The van der Waals surface area contributed by atoms with Gasteiger partial charge in [-0.2, -0.15) is 16.1 Å². The summed E-state index contributed by atoms with van der Waals surface area (Å²) >= 11 is 1.83. The zero-order chi connectivity index (χ0) is 23.1. The number of thioether (sulfide) groups is 1. The number of rotatable bonds is 8. The van der Waals surface area contributed by atoms with E-state index >= 15 is 0 Å². The van der Waals surface area contributed by atoms with E-state index < -0.39 is 10.0 Å². The molecule has 0 aliphatic carbocycles. The number of benzene rings is 3. The average Bonchev–Trinajstić information content (AvgIpc) is 2.86. The SMILES string of the molecule is O=C(Nc1ccc(S(=O)(=O)N2CCOCC2)cc1)c1ccc(CSCc2ccccc2)cc1. The molecule has 6 nitrogen and oxygen atoms in total. The molecule has 1 aliphatic rings. The van der Waals surface area contributed by atoms with Gasteiger partial charge in [0.25, 0.3) is 5.91 Å². The highest BCUT2D eigenvalue weighted by Gasteiger charge is 2.26. The number of nitrogens with zero attached hydrogens (tertiary/aromatic N) is 1. The molecule has 1 aliphatic heterocycles. The zero-order valence-electron chi connectivity index (χ0n) is 18.1. The second kappa shape index (κ2) is 11.0. The molecule has 0 radical (unpaired) electrons. The minimum atomic E-state index is -3.55. The van der Waals surface area contributed by atoms with Crippen LogP contribution in [-0.2, 0) is 26.3 Å². The van der Waals surface area contributed by atoms with Crippen LogP contribution in [0.15, 0.2) is 83.8 Å². The molecule has 3 aromatic carbocycles. The molecule has 1 saturated heterocycles. The number of nitrogens with one attached hydrogen (secondary N) is 1. The lowest BCUT2D eigenvalue weighted by atomic mass is 10.1. The van der Waals surface area contributed by atoms with E-state index in [1.807, 2.05) is 54.2 Å². The summed E-state index contributed by atoms with van der Waals surface area (Å²) in [5.74, 6) is 1.58. The first kappa shape index (κ1) is 23.5. The van der Waals surface area contributed by atoms with Crippen molar-refractivity contribution in [1.82, 2.24) is 4.31 Å². The van der Waals surface area contributed by atoms with Crippen LogP contribution in [0.25, 0.3) is 0 Å². The van der Waals surface area contributed by atoms with Crippen molar-refractivity contribution in [2.75, 3.05) is 31.6 Å². The molecule has 3 aromatic rings. The molecule has 1 fully saturated rings. The Kier molecular flexibility index (Phi) is 7.82. The highest BCUT2D eigenvalue weighted by atomic mass is 32.2. The summed E-state index contributed by atoms with van der Waals surface area (Å²) in [5.41, 5.74) is 3.55. The van der Waals surface area contributed by atoms with Crippen molar-refractivity contribution in [3.05, 3.63) is 95.6 Å². The summed E-state index contributed by atoms with van der Waals surface area (Å²) < 4.78 is 32.1. The number of sulfonamides is 1. The zero-order valence-corrected chi connectivity index (χ0v) is 19.8. The van der Waals surface area contributed by atoms with Crippen LogP contribution in [0.5, 0.6) is 0 Å². The maximum Gasteiger partial charge on any atom is 0.255 e. The van der Waals surface area contributed by atoms with E-state index in [9.17, 15) is 13.2 Å². The second-order valence-corrected chi connectivity index (χ2v) is 10.6. The number of hydrogen-bond donors (Lipinski definition) is 1. The molecule has 1 N–H and O–H groups in total. The van der Waals surface area contributed by atoms with E-state index in [1.54, 1.807) is 12.1 Å². The normalized spacial score (nSPS) is 14.7. The van der Waals surface area contributed by atoms with Gasteiger partial charge in [0.05, 0.1) is 18.1 Å². The predicted molar refractivity (Wildman–Crippen MR) is 132 cm³/mol. The summed E-state index contributed by atoms with van der Waals surface area (Å²) in [4.78, 5) is 12.8. The summed E-state index contributed by atoms with van der Waals surface area (Å²) in [6.45, 7) is 1.50. The van der Waals surface area contributed by atoms with Crippen molar-refractivity contribution in [3.8, 4) is 0 Å². The Labute approximate surface area is 199 Å². The molecule has 33 heavy (non-hydrogen) atoms. The molecule has 4 rings (SSSR count). The van der Waals surface area contributed by atoms with Crippen LogP contribution in [0.3, 0.4) is 0 Å². The molecule has 172 valence electrons. The van der Waals surface area contributed by atoms with Crippen molar-refractivity contribution in [3.63, 3.8) is 0 Å². The van der Waals surface area contributed by atoms with Crippen LogP contribution in [-0.4, -0.2) is 44.9 Å². The fraction of sp³-hybridized carbons (Fsp3) is 0.240. The van der Waals surface area contributed by atoms with Crippen LogP contribution >= 0.6 is 11.8 Å². The molecule has 1 heterocycles. The Hall–Kier alpha value is -2.65. The molecule has 8 heteroatoms. The first-order valence-electron chi connectivity index (χ1n) is 10.7. The Morgan fingerprint density at radius 2 is 1.45 bits per heavy atom. The lowest BCUT2D eigenvalue weighted by molar-refractivity contribution is 0.0730. The molecule has 1 amide bonds. The van der Waals surface area contributed by atoms with Crippen LogP contribution in [0, 0.1) is 0 Å². The Morgan fingerprint density at radius 1 is 0.848 bits per heavy atom. The molecule has 0 unspecified atom stereocenters. The van der Waals surface area contributed by atoms with Crippen molar-refractivity contribution in [1.29, 1.82) is 0 Å². The van der Waals surface area contributed by atoms with Crippen molar-refractivity contribution in [2.45, 2.75) is 16.4 Å². The van der Waals surface area contributed by atoms with E-state index in [4.69, 9.17) is 4.74 Å². The van der Waals surface area contributed by atoms with Gasteiger partial charge in [0.15, 0.2) is 0 Å². The number of ether oxygens (including phenoxy) is 1. The predicted octanol–water partition coefficient (Wildman–Crippen LogP) is 4.39. The van der Waals surface area contributed by atoms with Gasteiger partial charge in [-0.3, -0.25) is 4.79 Å². The van der Waals surface area contributed by atoms with E-state index in [1.165, 1.54) is 22.0 Å². The van der Waals surface area contributed by atoms with Crippen molar-refractivity contribution in [2.24, 2.45) is 0 Å². The van der Waals surface area contributed by atoms with E-state index in [2.05, 4.69) is 17.4 Å². The van der Waals surface area contributed by atoms with Gasteiger partial charge in [0.1, 0.15) is 0 Å². The fourth-order valence-corrected chi connectivity index (χ4v) is 5.83. The third kappa shape index (κ3) is 6.23. The fourth-order valence-electron chi connectivity index (χ4n) is 3.46. The third-order valence-electron chi connectivity index (χ3n) is 5.32. The van der Waals surface area contributed by atoms with Crippen LogP contribution in [0.1, 0.15) is 21.5 Å². The highest BCUT2D eigenvalue weighted by molar-refractivity contribution is 7.97. The summed E-state index contributed by atoms with van der Waals surface area (Å²) in [5, 5.41) is 2.83. The Morgan fingerprint density at radius 3 is 2.09 bits per heavy atom. The van der Waals surface area contributed by atoms with Crippen molar-refractivity contribution >= 4 is 33.4 Å². The van der Waals surface area contributed by atoms with Gasteiger partial charge in [-0.25, -0.2) is 8.42 Å². The third-order valence-corrected chi connectivity index (χ3v) is 8.30. The first-order chi connectivity index (χ1) is 16.0. The van der Waals surface area contributed by atoms with Crippen LogP contribution in [0.4, 0.5) is 5.69 Å². The van der Waals surface area contributed by atoms with Gasteiger partial charge in [-0.05, 0) is 47.5 Å². The maximum absolute atomic E-state index is 12.7. The van der Waals surface area contributed by atoms with E-state index in [0.29, 0.717) is 37.6 Å². The monoisotopic (exact) mass is 482 g/mol. The molecular formula is C25H26N2O4S2. The molecule has 0 bridgehead atoms. The van der Waals surface area contributed by atoms with Gasteiger partial charge in [-0.1, -0.05) is 42.5 Å². The smallest absolute Gasteiger partial charge is 0.255 e. The number of carbonyl (C=O) groups excluding carboxylic acids is 1. The minimum Gasteiger partial charge on any atom is -0.379 e. The Bertz CT molecular complexity index is 1160. The highest BCUT2D eigenvalue weighted by Crippen LogP contribution is 2.21. The number of amides is 1. The van der Waals surface area contributed by atoms with E-state index in [0.717, 1.165) is 17.1 Å². The van der Waals surface area contributed by atoms with Gasteiger partial charge < -0.3 is 10.1 Å². The summed E-state index contributed by atoms with van der Waals surface area (Å²) in [6.07, 6.45) is 0. The number of morpholine rings is 1. The molecule has 0 atom stereocenters. The van der Waals surface area contributed by atoms with Gasteiger partial charge >= 0.3 is 0 Å². The molecular weight excluding hydrogens is 456 g/mol. The number of carbonyl (C=O) groups is 1. The molecule has 0 aromatic heterocycles. The maximum atomic E-state index is 12.7. The minimum absolute atomic E-state index is 0.208. The van der Waals surface area contributed by atoms with Crippen LogP contribution < -0.4 is 5.32 Å². The van der Waals surface area contributed by atoms with Gasteiger partial charge in [0.2, 0.25) is 10.0 Å². The quantitative estimate of drug-likeness (QED) is 0.515. The summed E-state index contributed by atoms with van der Waals surface area (Å²) in [7, 11) is -3.55. The van der Waals surface area contributed by atoms with Crippen molar-refractivity contribution < 1.29 is 17.9 Å². The lowest BCUT2D eigenvalue weighted by Gasteiger charge is -2.26. The average molecular weight is 483 g/mol. The Balaban J connectivity index is 1.31. The van der Waals surface area contributed by atoms with Gasteiger partial charge in [0, 0.05) is 35.8 Å². The lowest BCUT2D eigenvalue weighted by Crippen LogP contribution is -2.40. The number of hydrogen-bond acceptors (Lipinski definition) is 5.